The Morgan fingerprint density at radius 3 is 2.12 bits per heavy atom. The van der Waals surface area contributed by atoms with Crippen LogP contribution in [0.5, 0.6) is 0 Å². The summed E-state index contributed by atoms with van der Waals surface area (Å²) in [6, 6.07) is 22.5. The van der Waals surface area contributed by atoms with Gasteiger partial charge in [0.05, 0.1) is 0 Å². The average Bonchev–Trinajstić information content (AvgIpc) is 2.88. The maximum Gasteiger partial charge on any atom is 0.323 e. The van der Waals surface area contributed by atoms with Crippen molar-refractivity contribution >= 4 is 34.8 Å². The Labute approximate surface area is 197 Å². The van der Waals surface area contributed by atoms with Crippen LogP contribution in [0.15, 0.2) is 78.9 Å². The van der Waals surface area contributed by atoms with E-state index >= 15 is 0 Å². The van der Waals surface area contributed by atoms with Crippen LogP contribution in [0.25, 0.3) is 0 Å². The van der Waals surface area contributed by atoms with Crippen LogP contribution in [-0.2, 0) is 4.79 Å². The molecule has 1 fully saturated rings. The lowest BCUT2D eigenvalue weighted by atomic mass is 10.1. The van der Waals surface area contributed by atoms with Crippen LogP contribution in [0, 0.1) is 0 Å². The molecule has 1 aliphatic heterocycles. The highest BCUT2D eigenvalue weighted by Gasteiger charge is 2.20. The van der Waals surface area contributed by atoms with Gasteiger partial charge in [0.15, 0.2) is 0 Å². The molecule has 2 amide bonds. The molecule has 34 heavy (non-hydrogen) atoms. The quantitative estimate of drug-likeness (QED) is 0.503. The van der Waals surface area contributed by atoms with Crippen molar-refractivity contribution < 1.29 is 19.5 Å². The number of rotatable bonds is 7. The lowest BCUT2D eigenvalue weighted by Gasteiger charge is -2.29. The van der Waals surface area contributed by atoms with Gasteiger partial charge in [0.1, 0.15) is 6.54 Å². The summed E-state index contributed by atoms with van der Waals surface area (Å²) in [5.74, 6) is -1.78. The van der Waals surface area contributed by atoms with Gasteiger partial charge in [0.2, 0.25) is 0 Å². The predicted octanol–water partition coefficient (Wildman–Crippen LogP) is 3.08. The maximum atomic E-state index is 12.9. The van der Waals surface area contributed by atoms with Gasteiger partial charge in [-0.05, 0) is 60.7 Å². The van der Waals surface area contributed by atoms with Crippen LogP contribution in [0.1, 0.15) is 20.7 Å². The molecule has 0 spiro atoms. The van der Waals surface area contributed by atoms with Crippen LogP contribution < -0.4 is 20.4 Å². The number of benzene rings is 3. The number of aliphatic carboxylic acids is 1. The molecule has 4 rings (SSSR count). The Morgan fingerprint density at radius 1 is 0.853 bits per heavy atom. The molecule has 1 saturated heterocycles. The third kappa shape index (κ3) is 5.60. The summed E-state index contributed by atoms with van der Waals surface area (Å²) in [7, 11) is 0. The smallest absolute Gasteiger partial charge is 0.323 e. The fraction of sp³-hybridized carbons (Fsp3) is 0.192. The first-order chi connectivity index (χ1) is 16.5. The second-order valence-corrected chi connectivity index (χ2v) is 7.94. The molecule has 0 aliphatic carbocycles. The molecule has 174 valence electrons. The number of amides is 2. The summed E-state index contributed by atoms with van der Waals surface area (Å²) in [6.45, 7) is 3.28. The zero-order valence-corrected chi connectivity index (χ0v) is 18.6. The van der Waals surface area contributed by atoms with Crippen LogP contribution in [-0.4, -0.2) is 55.6 Å². The van der Waals surface area contributed by atoms with Crippen molar-refractivity contribution in [2.45, 2.75) is 0 Å². The van der Waals surface area contributed by atoms with Crippen molar-refractivity contribution in [2.24, 2.45) is 0 Å². The first-order valence-corrected chi connectivity index (χ1v) is 11.1. The van der Waals surface area contributed by atoms with Crippen LogP contribution in [0.3, 0.4) is 0 Å². The molecule has 1 aliphatic rings. The van der Waals surface area contributed by atoms with E-state index in [9.17, 15) is 19.5 Å². The number of hydrogen-bond acceptors (Lipinski definition) is 5. The molecule has 0 aromatic heterocycles. The molecule has 0 atom stereocenters. The van der Waals surface area contributed by atoms with Crippen molar-refractivity contribution in [3.05, 3.63) is 90.0 Å². The summed E-state index contributed by atoms with van der Waals surface area (Å²) in [6.07, 6.45) is 0. The van der Waals surface area contributed by atoms with Crippen molar-refractivity contribution in [1.29, 1.82) is 0 Å². The zero-order chi connectivity index (χ0) is 23.9. The van der Waals surface area contributed by atoms with Gasteiger partial charge in [-0.2, -0.15) is 0 Å². The molecule has 1 heterocycles. The standard InChI is InChI=1S/C26H26N4O4/c31-24(32)18-30(26(34)20-4-2-1-3-5-20)23-12-8-21(9-13-23)28-25(33)19-6-10-22(11-7-19)29-16-14-27-15-17-29/h1-13,27H,14-18H2,(H,28,33)(H,31,32). The summed E-state index contributed by atoms with van der Waals surface area (Å²) in [5, 5.41) is 15.4. The fourth-order valence-electron chi connectivity index (χ4n) is 3.83. The maximum absolute atomic E-state index is 12.9. The monoisotopic (exact) mass is 458 g/mol. The number of carboxylic acid groups (broad SMARTS) is 1. The third-order valence-electron chi connectivity index (χ3n) is 5.61. The van der Waals surface area contributed by atoms with Crippen molar-refractivity contribution in [3.63, 3.8) is 0 Å². The van der Waals surface area contributed by atoms with Gasteiger partial charge >= 0.3 is 5.97 Å². The molecule has 3 aromatic carbocycles. The largest absolute Gasteiger partial charge is 0.480 e. The second kappa shape index (κ2) is 10.6. The molecule has 0 bridgehead atoms. The van der Waals surface area contributed by atoms with Crippen LogP contribution in [0.4, 0.5) is 17.1 Å². The van der Waals surface area contributed by atoms with E-state index in [-0.39, 0.29) is 5.91 Å². The van der Waals surface area contributed by atoms with Crippen molar-refractivity contribution in [3.8, 4) is 0 Å². The van der Waals surface area contributed by atoms with E-state index in [0.717, 1.165) is 31.9 Å². The summed E-state index contributed by atoms with van der Waals surface area (Å²) >= 11 is 0. The van der Waals surface area contributed by atoms with Crippen molar-refractivity contribution in [2.75, 3.05) is 47.8 Å². The van der Waals surface area contributed by atoms with E-state index in [1.54, 1.807) is 66.7 Å². The molecule has 3 N–H and O–H groups in total. The number of carbonyl (C=O) groups is 3. The normalized spacial score (nSPS) is 13.2. The zero-order valence-electron chi connectivity index (χ0n) is 18.6. The van der Waals surface area contributed by atoms with Gasteiger partial charge in [-0.25, -0.2) is 0 Å². The Hall–Kier alpha value is -4.17. The number of nitrogens with one attached hydrogen (secondary N) is 2. The van der Waals surface area contributed by atoms with E-state index in [1.165, 1.54) is 4.90 Å². The lowest BCUT2D eigenvalue weighted by molar-refractivity contribution is -0.135. The minimum atomic E-state index is -1.12. The summed E-state index contributed by atoms with van der Waals surface area (Å²) in [5.41, 5.74) is 2.99. The summed E-state index contributed by atoms with van der Waals surface area (Å²) in [4.78, 5) is 40.4. The first kappa shape index (κ1) is 23.0. The SMILES string of the molecule is O=C(O)CN(C(=O)c1ccccc1)c1ccc(NC(=O)c2ccc(N3CCNCC3)cc2)cc1. The number of piperazine rings is 1. The minimum Gasteiger partial charge on any atom is -0.480 e. The van der Waals surface area contributed by atoms with E-state index < -0.39 is 18.4 Å². The predicted molar refractivity (Wildman–Crippen MR) is 132 cm³/mol. The Morgan fingerprint density at radius 2 is 1.50 bits per heavy atom. The van der Waals surface area contributed by atoms with Gasteiger partial charge in [0, 0.05) is 54.4 Å². The van der Waals surface area contributed by atoms with Crippen molar-refractivity contribution in [1.82, 2.24) is 5.32 Å². The fourth-order valence-corrected chi connectivity index (χ4v) is 3.83. The summed E-state index contributed by atoms with van der Waals surface area (Å²) < 4.78 is 0. The Kier molecular flexibility index (Phi) is 7.19. The van der Waals surface area contributed by atoms with E-state index in [0.29, 0.717) is 22.5 Å². The number of hydrogen-bond donors (Lipinski definition) is 3. The van der Waals surface area contributed by atoms with E-state index in [2.05, 4.69) is 15.5 Å². The number of carbonyl (C=O) groups excluding carboxylic acids is 2. The highest BCUT2D eigenvalue weighted by atomic mass is 16.4. The second-order valence-electron chi connectivity index (χ2n) is 7.94. The number of anilines is 3. The van der Waals surface area contributed by atoms with Gasteiger partial charge in [-0.3, -0.25) is 19.3 Å². The van der Waals surface area contributed by atoms with Gasteiger partial charge in [-0.1, -0.05) is 18.2 Å². The molecule has 0 unspecified atom stereocenters. The molecule has 0 saturated carbocycles. The molecular formula is C26H26N4O4. The van der Waals surface area contributed by atoms with E-state index in [1.807, 2.05) is 12.1 Å². The number of carboxylic acids is 1. The Bertz CT molecular complexity index is 1140. The molecule has 0 radical (unpaired) electrons. The Balaban J connectivity index is 1.44. The first-order valence-electron chi connectivity index (χ1n) is 11.1. The number of nitrogens with zero attached hydrogens (tertiary/aromatic N) is 2. The van der Waals surface area contributed by atoms with Crippen LogP contribution >= 0.6 is 0 Å². The van der Waals surface area contributed by atoms with E-state index in [4.69, 9.17) is 0 Å². The highest BCUT2D eigenvalue weighted by Crippen LogP contribution is 2.22. The van der Waals surface area contributed by atoms with Gasteiger partial charge in [-0.15, -0.1) is 0 Å². The van der Waals surface area contributed by atoms with Gasteiger partial charge in [0.25, 0.3) is 11.8 Å². The molecule has 3 aromatic rings. The molecule has 8 heteroatoms. The average molecular weight is 459 g/mol. The topological polar surface area (TPSA) is 102 Å². The highest BCUT2D eigenvalue weighted by molar-refractivity contribution is 6.08. The lowest BCUT2D eigenvalue weighted by Crippen LogP contribution is -2.43. The molecular weight excluding hydrogens is 432 g/mol. The molecule has 8 nitrogen and oxygen atoms in total. The van der Waals surface area contributed by atoms with Crippen LogP contribution in [0.2, 0.25) is 0 Å². The third-order valence-corrected chi connectivity index (χ3v) is 5.61. The van der Waals surface area contributed by atoms with Gasteiger partial charge < -0.3 is 20.6 Å². The minimum absolute atomic E-state index is 0.248.